The molecule has 1 unspecified atom stereocenters. The quantitative estimate of drug-likeness (QED) is 0.664. The number of aromatic nitrogens is 3. The topological polar surface area (TPSA) is 109 Å². The molecule has 1 amide bonds. The van der Waals surface area contributed by atoms with Crippen LogP contribution in [0.1, 0.15) is 52.3 Å². The first-order valence-corrected chi connectivity index (χ1v) is 11.1. The fourth-order valence-electron chi connectivity index (χ4n) is 4.16. The summed E-state index contributed by atoms with van der Waals surface area (Å²) in [6, 6.07) is 4.18. The highest BCUT2D eigenvalue weighted by molar-refractivity contribution is 5.96. The summed E-state index contributed by atoms with van der Waals surface area (Å²) in [6.45, 7) is 10.5. The van der Waals surface area contributed by atoms with E-state index in [1.165, 1.54) is 15.2 Å². The zero-order chi connectivity index (χ0) is 22.7. The molecule has 1 aliphatic rings. The maximum absolute atomic E-state index is 13.4. The number of nitrogen functional groups attached to an aromatic ring is 1. The molecule has 0 aliphatic carbocycles. The Kier molecular flexibility index (Phi) is 7.04. The van der Waals surface area contributed by atoms with Gasteiger partial charge in [-0.2, -0.15) is 0 Å². The molecule has 0 fully saturated rings. The second kappa shape index (κ2) is 9.55. The van der Waals surface area contributed by atoms with Crippen LogP contribution < -0.4 is 21.9 Å². The first kappa shape index (κ1) is 22.9. The summed E-state index contributed by atoms with van der Waals surface area (Å²) in [5.41, 5.74) is 6.36. The summed E-state index contributed by atoms with van der Waals surface area (Å²) in [5.74, 6) is 0.0173. The molecule has 3 rings (SSSR count). The molecule has 0 aromatic carbocycles. The van der Waals surface area contributed by atoms with Crippen molar-refractivity contribution < 1.29 is 4.79 Å². The molecule has 2 aromatic heterocycles. The van der Waals surface area contributed by atoms with Gasteiger partial charge in [-0.3, -0.25) is 24.0 Å². The lowest BCUT2D eigenvalue weighted by Gasteiger charge is -2.35. The van der Waals surface area contributed by atoms with Gasteiger partial charge in [-0.1, -0.05) is 27.2 Å². The largest absolute Gasteiger partial charge is 0.383 e. The van der Waals surface area contributed by atoms with Gasteiger partial charge >= 0.3 is 5.69 Å². The van der Waals surface area contributed by atoms with Gasteiger partial charge in [-0.25, -0.2) is 4.79 Å². The van der Waals surface area contributed by atoms with E-state index < -0.39 is 11.2 Å². The van der Waals surface area contributed by atoms with Crippen LogP contribution in [-0.2, 0) is 17.9 Å². The minimum absolute atomic E-state index is 0.0486. The Morgan fingerprint density at radius 1 is 1.32 bits per heavy atom. The molecule has 1 aliphatic heterocycles. The lowest BCUT2D eigenvalue weighted by atomic mass is 10.1. The highest BCUT2D eigenvalue weighted by atomic mass is 16.2. The first-order chi connectivity index (χ1) is 14.7. The van der Waals surface area contributed by atoms with Gasteiger partial charge in [0.15, 0.2) is 5.69 Å². The van der Waals surface area contributed by atoms with Crippen LogP contribution in [0.3, 0.4) is 0 Å². The number of aromatic amines is 1. The second-order valence-corrected chi connectivity index (χ2v) is 8.67. The van der Waals surface area contributed by atoms with E-state index >= 15 is 0 Å². The number of carbonyl (C=O) groups excluding carboxylic acids is 1. The molecule has 2 aromatic rings. The Labute approximate surface area is 182 Å². The number of amides is 1. The third-order valence-electron chi connectivity index (χ3n) is 5.87. The number of anilines is 2. The fraction of sp³-hybridized carbons (Fsp3) is 0.591. The lowest BCUT2D eigenvalue weighted by Crippen LogP contribution is -2.47. The minimum Gasteiger partial charge on any atom is -0.383 e. The van der Waals surface area contributed by atoms with Crippen molar-refractivity contribution in [3.63, 3.8) is 0 Å². The molecule has 0 bridgehead atoms. The standard InChI is InChI=1S/C22H34N6O3/c1-5-6-10-27(19-20(23)28(13-15(2)3)22(31)24-21(19)30)18(29)14-26-12-11-25-9-7-8-17(25)16(26)4/h7-9,15-16H,5-6,10-14,23H2,1-4H3,(H,24,30,31). The van der Waals surface area contributed by atoms with E-state index in [0.29, 0.717) is 13.1 Å². The average molecular weight is 431 g/mol. The van der Waals surface area contributed by atoms with E-state index in [1.54, 1.807) is 0 Å². The van der Waals surface area contributed by atoms with Crippen molar-refractivity contribution in [1.29, 1.82) is 0 Å². The fourth-order valence-corrected chi connectivity index (χ4v) is 4.16. The monoisotopic (exact) mass is 430 g/mol. The summed E-state index contributed by atoms with van der Waals surface area (Å²) in [5, 5.41) is 0. The predicted octanol–water partition coefficient (Wildman–Crippen LogP) is 1.79. The van der Waals surface area contributed by atoms with Gasteiger partial charge in [0, 0.05) is 44.1 Å². The van der Waals surface area contributed by atoms with Gasteiger partial charge in [-0.05, 0) is 31.4 Å². The van der Waals surface area contributed by atoms with Gasteiger partial charge in [0.1, 0.15) is 5.82 Å². The maximum atomic E-state index is 13.4. The van der Waals surface area contributed by atoms with Crippen LogP contribution in [0.5, 0.6) is 0 Å². The molecule has 3 N–H and O–H groups in total. The number of rotatable bonds is 8. The van der Waals surface area contributed by atoms with E-state index in [9.17, 15) is 14.4 Å². The van der Waals surface area contributed by atoms with Gasteiger partial charge in [0.2, 0.25) is 5.91 Å². The number of fused-ring (bicyclic) bond motifs is 1. The summed E-state index contributed by atoms with van der Waals surface area (Å²) in [4.78, 5) is 44.4. The maximum Gasteiger partial charge on any atom is 0.330 e. The van der Waals surface area contributed by atoms with Gasteiger partial charge in [0.25, 0.3) is 5.56 Å². The first-order valence-electron chi connectivity index (χ1n) is 11.1. The average Bonchev–Trinajstić information content (AvgIpc) is 3.19. The zero-order valence-corrected chi connectivity index (χ0v) is 18.9. The minimum atomic E-state index is -0.618. The molecule has 0 saturated heterocycles. The number of hydrogen-bond donors (Lipinski definition) is 2. The van der Waals surface area contributed by atoms with E-state index in [-0.39, 0.29) is 35.9 Å². The summed E-state index contributed by atoms with van der Waals surface area (Å²) in [6.07, 6.45) is 3.64. The highest BCUT2D eigenvalue weighted by Crippen LogP contribution is 2.26. The van der Waals surface area contributed by atoms with Gasteiger partial charge in [-0.15, -0.1) is 0 Å². The van der Waals surface area contributed by atoms with Crippen LogP contribution in [-0.4, -0.2) is 44.6 Å². The summed E-state index contributed by atoms with van der Waals surface area (Å²) in [7, 11) is 0. The molecule has 0 radical (unpaired) electrons. The normalized spacial score (nSPS) is 16.5. The zero-order valence-electron chi connectivity index (χ0n) is 18.9. The smallest absolute Gasteiger partial charge is 0.330 e. The molecule has 170 valence electrons. The van der Waals surface area contributed by atoms with Crippen molar-refractivity contribution in [2.24, 2.45) is 5.92 Å². The molecule has 0 saturated carbocycles. The Morgan fingerprint density at radius 2 is 2.06 bits per heavy atom. The number of unbranched alkanes of at least 4 members (excludes halogenated alkanes) is 1. The van der Waals surface area contributed by atoms with E-state index in [0.717, 1.165) is 25.9 Å². The number of H-pyrrole nitrogens is 1. The van der Waals surface area contributed by atoms with Crippen molar-refractivity contribution in [3.05, 3.63) is 44.9 Å². The Bertz CT molecular complexity index is 1030. The molecular formula is C22H34N6O3. The van der Waals surface area contributed by atoms with Crippen LogP contribution in [0.15, 0.2) is 27.9 Å². The van der Waals surface area contributed by atoms with Gasteiger partial charge in [0.05, 0.1) is 6.54 Å². The molecule has 9 heteroatoms. The molecule has 1 atom stereocenters. The van der Waals surface area contributed by atoms with Crippen molar-refractivity contribution in [2.75, 3.05) is 30.3 Å². The Morgan fingerprint density at radius 3 is 2.74 bits per heavy atom. The van der Waals surface area contributed by atoms with Crippen molar-refractivity contribution in [3.8, 4) is 0 Å². The number of nitrogens with one attached hydrogen (secondary N) is 1. The number of carbonyl (C=O) groups is 1. The van der Waals surface area contributed by atoms with E-state index in [2.05, 4.69) is 33.6 Å². The second-order valence-electron chi connectivity index (χ2n) is 8.67. The highest BCUT2D eigenvalue weighted by Gasteiger charge is 2.29. The summed E-state index contributed by atoms with van der Waals surface area (Å²) < 4.78 is 3.55. The third kappa shape index (κ3) is 4.76. The predicted molar refractivity (Wildman–Crippen MR) is 122 cm³/mol. The van der Waals surface area contributed by atoms with Crippen molar-refractivity contribution in [2.45, 2.75) is 59.7 Å². The molecular weight excluding hydrogens is 396 g/mol. The third-order valence-corrected chi connectivity index (χ3v) is 5.87. The number of nitrogens with two attached hydrogens (primary N) is 1. The molecule has 0 spiro atoms. The van der Waals surface area contributed by atoms with Gasteiger partial charge < -0.3 is 15.2 Å². The van der Waals surface area contributed by atoms with Crippen molar-refractivity contribution in [1.82, 2.24) is 19.0 Å². The number of nitrogens with zero attached hydrogens (tertiary/aromatic N) is 4. The number of hydrogen-bond acceptors (Lipinski definition) is 5. The van der Waals surface area contributed by atoms with Crippen LogP contribution in [0.4, 0.5) is 11.5 Å². The molecule has 31 heavy (non-hydrogen) atoms. The van der Waals surface area contributed by atoms with Crippen LogP contribution >= 0.6 is 0 Å². The van der Waals surface area contributed by atoms with E-state index in [1.807, 2.05) is 26.8 Å². The van der Waals surface area contributed by atoms with Crippen LogP contribution in [0.25, 0.3) is 0 Å². The van der Waals surface area contributed by atoms with E-state index in [4.69, 9.17) is 5.73 Å². The molecule has 9 nitrogen and oxygen atoms in total. The Hall–Kier alpha value is -2.81. The van der Waals surface area contributed by atoms with Crippen LogP contribution in [0, 0.1) is 5.92 Å². The van der Waals surface area contributed by atoms with Crippen LogP contribution in [0.2, 0.25) is 0 Å². The SMILES string of the molecule is CCCCN(C(=O)CN1CCn2cccc2C1C)c1c(N)n(CC(C)C)c(=O)[nH]c1=O. The lowest BCUT2D eigenvalue weighted by molar-refractivity contribution is -0.120. The molecule has 3 heterocycles. The Balaban J connectivity index is 1.93. The summed E-state index contributed by atoms with van der Waals surface area (Å²) >= 11 is 0. The van der Waals surface area contributed by atoms with Crippen molar-refractivity contribution >= 4 is 17.4 Å².